The average Bonchev–Trinajstić information content (AvgIpc) is 2.89. The topological polar surface area (TPSA) is 68.8 Å². The van der Waals surface area contributed by atoms with Crippen molar-refractivity contribution in [2.24, 2.45) is 0 Å². The lowest BCUT2D eigenvalue weighted by molar-refractivity contribution is 0.0590. The summed E-state index contributed by atoms with van der Waals surface area (Å²) in [5.41, 5.74) is 2.20. The molecule has 174 valence electrons. The lowest BCUT2D eigenvalue weighted by atomic mass is 9.99. The Morgan fingerprint density at radius 2 is 1.70 bits per heavy atom. The monoisotopic (exact) mass is 465 g/mol. The number of nitrogens with one attached hydrogen (secondary N) is 1. The fourth-order valence-electron chi connectivity index (χ4n) is 5.05. The van der Waals surface area contributed by atoms with Crippen molar-refractivity contribution in [2.45, 2.75) is 43.2 Å². The first-order valence-corrected chi connectivity index (χ1v) is 13.0. The second kappa shape index (κ2) is 10.1. The molecule has 1 aromatic heterocycles. The van der Waals surface area contributed by atoms with E-state index in [9.17, 15) is 9.59 Å². The Bertz CT molecular complexity index is 985. The molecule has 3 aliphatic rings. The van der Waals surface area contributed by atoms with Gasteiger partial charge in [-0.15, -0.1) is 11.8 Å². The Morgan fingerprint density at radius 1 is 0.939 bits per heavy atom. The maximum Gasteiger partial charge on any atom is 0.326 e. The van der Waals surface area contributed by atoms with Gasteiger partial charge in [-0.25, -0.2) is 9.78 Å². The van der Waals surface area contributed by atoms with Crippen LogP contribution in [0.2, 0.25) is 0 Å². The summed E-state index contributed by atoms with van der Waals surface area (Å²) in [4.78, 5) is 36.6. The molecule has 1 N–H and O–H groups in total. The standard InChI is InChI=1S/C25H31N5O2S/c31-24(29-15-10-21(11-16-29)28-13-2-1-3-14-28)19-6-8-20(9-7-19)27-25(32)30-17-18-33-23-22(30)5-4-12-26-23/h4-9,12,21H,1-3,10-11,13-18H2,(H,27,32). The quantitative estimate of drug-likeness (QED) is 0.731. The first-order valence-electron chi connectivity index (χ1n) is 12.0. The van der Waals surface area contributed by atoms with Crippen molar-refractivity contribution < 1.29 is 9.59 Å². The number of benzene rings is 1. The van der Waals surface area contributed by atoms with E-state index in [1.807, 2.05) is 41.3 Å². The molecule has 0 atom stereocenters. The molecule has 0 saturated carbocycles. The van der Waals surface area contributed by atoms with Crippen LogP contribution < -0.4 is 10.2 Å². The summed E-state index contributed by atoms with van der Waals surface area (Å²) in [5.74, 6) is 0.900. The smallest absolute Gasteiger partial charge is 0.326 e. The third-order valence-corrected chi connectivity index (χ3v) is 7.86. The van der Waals surface area contributed by atoms with Crippen LogP contribution in [0.5, 0.6) is 0 Å². The van der Waals surface area contributed by atoms with Crippen LogP contribution in [0.15, 0.2) is 47.6 Å². The lowest BCUT2D eigenvalue weighted by Gasteiger charge is -2.40. The zero-order valence-electron chi connectivity index (χ0n) is 18.9. The second-order valence-corrected chi connectivity index (χ2v) is 10.0. The molecule has 33 heavy (non-hydrogen) atoms. The average molecular weight is 466 g/mol. The lowest BCUT2D eigenvalue weighted by Crippen LogP contribution is -2.48. The molecule has 7 nitrogen and oxygen atoms in total. The third kappa shape index (κ3) is 5.01. The van der Waals surface area contributed by atoms with Gasteiger partial charge in [0.1, 0.15) is 5.03 Å². The van der Waals surface area contributed by atoms with E-state index < -0.39 is 0 Å². The van der Waals surface area contributed by atoms with Crippen LogP contribution in [-0.2, 0) is 0 Å². The summed E-state index contributed by atoms with van der Waals surface area (Å²) < 4.78 is 0. The minimum atomic E-state index is -0.177. The van der Waals surface area contributed by atoms with Gasteiger partial charge in [-0.2, -0.15) is 0 Å². The minimum absolute atomic E-state index is 0.0815. The number of nitrogens with zero attached hydrogens (tertiary/aromatic N) is 4. The van der Waals surface area contributed by atoms with Gasteiger partial charge in [0.15, 0.2) is 0 Å². The number of rotatable bonds is 3. The van der Waals surface area contributed by atoms with Gasteiger partial charge in [0.25, 0.3) is 5.91 Å². The Balaban J connectivity index is 1.16. The zero-order valence-corrected chi connectivity index (χ0v) is 19.7. The van der Waals surface area contributed by atoms with Gasteiger partial charge in [-0.3, -0.25) is 9.69 Å². The highest BCUT2D eigenvalue weighted by molar-refractivity contribution is 7.99. The summed E-state index contributed by atoms with van der Waals surface area (Å²) in [6.07, 6.45) is 7.84. The first kappa shape index (κ1) is 22.2. The number of anilines is 2. The number of piperidine rings is 2. The summed E-state index contributed by atoms with van der Waals surface area (Å²) in [5, 5.41) is 3.84. The van der Waals surface area contributed by atoms with Crippen molar-refractivity contribution in [1.82, 2.24) is 14.8 Å². The molecule has 1 aromatic carbocycles. The maximum atomic E-state index is 13.0. The number of hydrogen-bond acceptors (Lipinski definition) is 5. The molecule has 3 aliphatic heterocycles. The largest absolute Gasteiger partial charge is 0.339 e. The molecule has 0 radical (unpaired) electrons. The number of hydrogen-bond donors (Lipinski definition) is 1. The van der Waals surface area contributed by atoms with E-state index in [1.54, 1.807) is 22.9 Å². The van der Waals surface area contributed by atoms with E-state index in [0.29, 0.717) is 23.8 Å². The van der Waals surface area contributed by atoms with Gasteiger partial charge in [0, 0.05) is 48.9 Å². The van der Waals surface area contributed by atoms with Gasteiger partial charge < -0.3 is 15.1 Å². The van der Waals surface area contributed by atoms with Crippen molar-refractivity contribution in [2.75, 3.05) is 48.7 Å². The number of pyridine rings is 1. The summed E-state index contributed by atoms with van der Waals surface area (Å²) in [7, 11) is 0. The van der Waals surface area contributed by atoms with Crippen LogP contribution in [0.25, 0.3) is 0 Å². The highest BCUT2D eigenvalue weighted by Crippen LogP contribution is 2.32. The number of urea groups is 1. The molecular weight excluding hydrogens is 434 g/mol. The number of carbonyl (C=O) groups is 2. The molecule has 0 unspecified atom stereocenters. The van der Waals surface area contributed by atoms with Crippen molar-refractivity contribution in [1.29, 1.82) is 0 Å². The second-order valence-electron chi connectivity index (χ2n) is 8.96. The van der Waals surface area contributed by atoms with E-state index in [1.165, 1.54) is 32.4 Å². The molecule has 0 aliphatic carbocycles. The van der Waals surface area contributed by atoms with Crippen LogP contribution in [0.4, 0.5) is 16.2 Å². The fraction of sp³-hybridized carbons (Fsp3) is 0.480. The van der Waals surface area contributed by atoms with E-state index in [4.69, 9.17) is 0 Å². The predicted octanol–water partition coefficient (Wildman–Crippen LogP) is 4.32. The molecule has 2 fully saturated rings. The Hall–Kier alpha value is -2.58. The normalized spacial score (nSPS) is 19.8. The molecule has 5 rings (SSSR count). The van der Waals surface area contributed by atoms with Gasteiger partial charge in [0.2, 0.25) is 0 Å². The highest BCUT2D eigenvalue weighted by Gasteiger charge is 2.28. The predicted molar refractivity (Wildman–Crippen MR) is 132 cm³/mol. The fourth-order valence-corrected chi connectivity index (χ4v) is 5.98. The van der Waals surface area contributed by atoms with Crippen LogP contribution in [0, 0.1) is 0 Å². The van der Waals surface area contributed by atoms with Crippen LogP contribution in [0.1, 0.15) is 42.5 Å². The molecule has 3 amide bonds. The van der Waals surface area contributed by atoms with E-state index >= 15 is 0 Å². The van der Waals surface area contributed by atoms with Crippen LogP contribution in [-0.4, -0.2) is 71.2 Å². The molecule has 0 bridgehead atoms. The number of aromatic nitrogens is 1. The molecule has 4 heterocycles. The van der Waals surface area contributed by atoms with Crippen LogP contribution in [0.3, 0.4) is 0 Å². The van der Waals surface area contributed by atoms with Gasteiger partial charge >= 0.3 is 6.03 Å². The van der Waals surface area contributed by atoms with Gasteiger partial charge in [0.05, 0.1) is 5.69 Å². The molecule has 2 aromatic rings. The van der Waals surface area contributed by atoms with E-state index in [0.717, 1.165) is 42.4 Å². The minimum Gasteiger partial charge on any atom is -0.339 e. The molecule has 8 heteroatoms. The highest BCUT2D eigenvalue weighted by atomic mass is 32.2. The Morgan fingerprint density at radius 3 is 2.45 bits per heavy atom. The number of carbonyl (C=O) groups excluding carboxylic acids is 2. The SMILES string of the molecule is O=C(c1ccc(NC(=O)N2CCSc3ncccc32)cc1)N1CCC(N2CCCCC2)CC1. The van der Waals surface area contributed by atoms with E-state index in [2.05, 4.69) is 15.2 Å². The molecular formula is C25H31N5O2S. The summed E-state index contributed by atoms with van der Waals surface area (Å²) in [6, 6.07) is 11.5. The molecule has 0 spiro atoms. The van der Waals surface area contributed by atoms with Crippen molar-refractivity contribution in [3.63, 3.8) is 0 Å². The van der Waals surface area contributed by atoms with Crippen molar-refractivity contribution in [3.8, 4) is 0 Å². The number of thioether (sulfide) groups is 1. The number of likely N-dealkylation sites (tertiary alicyclic amines) is 2. The first-order chi connectivity index (χ1) is 16.2. The maximum absolute atomic E-state index is 13.0. The van der Waals surface area contributed by atoms with Crippen molar-refractivity contribution in [3.05, 3.63) is 48.2 Å². The number of fused-ring (bicyclic) bond motifs is 1. The third-order valence-electron chi connectivity index (χ3n) is 6.88. The van der Waals surface area contributed by atoms with Gasteiger partial charge in [-0.1, -0.05) is 6.42 Å². The zero-order chi connectivity index (χ0) is 22.6. The Kier molecular flexibility index (Phi) is 6.83. The summed E-state index contributed by atoms with van der Waals surface area (Å²) >= 11 is 1.67. The molecule has 2 saturated heterocycles. The number of amides is 3. The van der Waals surface area contributed by atoms with E-state index in [-0.39, 0.29) is 11.9 Å². The Labute approximate surface area is 199 Å². The van der Waals surface area contributed by atoms with Crippen LogP contribution >= 0.6 is 11.8 Å². The van der Waals surface area contributed by atoms with Crippen molar-refractivity contribution >= 4 is 35.1 Å². The summed E-state index contributed by atoms with van der Waals surface area (Å²) in [6.45, 7) is 4.70. The van der Waals surface area contributed by atoms with Gasteiger partial charge in [-0.05, 0) is 75.2 Å².